The van der Waals surface area contributed by atoms with Crippen LogP contribution in [0.1, 0.15) is 37.7 Å². The van der Waals surface area contributed by atoms with Crippen LogP contribution in [-0.4, -0.2) is 86.1 Å². The third-order valence-electron chi connectivity index (χ3n) is 5.31. The molecule has 0 aliphatic rings. The molecule has 4 amide bonds. The van der Waals surface area contributed by atoms with Gasteiger partial charge in [-0.15, -0.1) is 0 Å². The highest BCUT2D eigenvalue weighted by Gasteiger charge is 2.31. The van der Waals surface area contributed by atoms with Crippen LogP contribution in [0.25, 0.3) is 0 Å². The molecule has 4 unspecified atom stereocenters. The number of carboxylic acid groups (broad SMARTS) is 3. The van der Waals surface area contributed by atoms with Gasteiger partial charge >= 0.3 is 17.9 Å². The Morgan fingerprint density at radius 1 is 0.718 bits per heavy atom. The second kappa shape index (κ2) is 15.5. The van der Waals surface area contributed by atoms with Crippen molar-refractivity contribution in [1.29, 1.82) is 0 Å². The maximum atomic E-state index is 13.2. The van der Waals surface area contributed by atoms with Gasteiger partial charge in [-0.25, -0.2) is 4.79 Å². The Hall–Kier alpha value is -4.73. The lowest BCUT2D eigenvalue weighted by Gasteiger charge is -2.25. The molecule has 0 saturated carbocycles. The molecule has 16 heteroatoms. The normalized spacial score (nSPS) is 13.7. The number of rotatable bonds is 17. The Balaban J connectivity index is 3.17. The zero-order valence-corrected chi connectivity index (χ0v) is 20.7. The number of aromatic hydroxyl groups is 1. The molecule has 4 atom stereocenters. The second-order valence-electron chi connectivity index (χ2n) is 8.53. The molecule has 16 nitrogen and oxygen atoms in total. The highest BCUT2D eigenvalue weighted by Crippen LogP contribution is 2.12. The SMILES string of the molecule is NC(=O)CCC(NC(=O)C(Cc1ccc(O)cc1)NC(=O)C(N)CC(=O)O)C(=O)NC(CCC(=O)O)C(=O)O. The summed E-state index contributed by atoms with van der Waals surface area (Å²) in [5.74, 6) is -8.13. The quantitative estimate of drug-likeness (QED) is 0.0960. The van der Waals surface area contributed by atoms with Gasteiger partial charge in [0.1, 0.15) is 23.9 Å². The third-order valence-corrected chi connectivity index (χ3v) is 5.31. The molecule has 0 fully saturated rings. The van der Waals surface area contributed by atoms with E-state index in [0.29, 0.717) is 5.56 Å². The summed E-state index contributed by atoms with van der Waals surface area (Å²) in [6.07, 6.45) is -2.74. The van der Waals surface area contributed by atoms with Crippen LogP contribution < -0.4 is 27.4 Å². The monoisotopic (exact) mass is 553 g/mol. The summed E-state index contributed by atoms with van der Waals surface area (Å²) in [5, 5.41) is 43.2. The molecule has 1 aromatic carbocycles. The highest BCUT2D eigenvalue weighted by molar-refractivity contribution is 5.95. The Kier molecular flexibility index (Phi) is 12.8. The van der Waals surface area contributed by atoms with Crippen LogP contribution in [0.5, 0.6) is 5.75 Å². The van der Waals surface area contributed by atoms with Gasteiger partial charge in [-0.3, -0.25) is 28.8 Å². The summed E-state index contributed by atoms with van der Waals surface area (Å²) in [7, 11) is 0. The van der Waals surface area contributed by atoms with Gasteiger partial charge in [0.05, 0.1) is 12.5 Å². The lowest BCUT2D eigenvalue weighted by atomic mass is 10.0. The number of phenols is 1. The van der Waals surface area contributed by atoms with Crippen molar-refractivity contribution in [3.63, 3.8) is 0 Å². The van der Waals surface area contributed by atoms with Crippen LogP contribution in [0.4, 0.5) is 0 Å². The zero-order valence-electron chi connectivity index (χ0n) is 20.7. The van der Waals surface area contributed by atoms with Crippen LogP contribution in [0, 0.1) is 0 Å². The molecule has 0 bridgehead atoms. The average Bonchev–Trinajstić information content (AvgIpc) is 2.83. The van der Waals surface area contributed by atoms with E-state index in [0.717, 1.165) is 0 Å². The predicted octanol–water partition coefficient (Wildman–Crippen LogP) is -2.59. The number of nitrogens with one attached hydrogen (secondary N) is 3. The van der Waals surface area contributed by atoms with Gasteiger partial charge in [0.2, 0.25) is 23.6 Å². The van der Waals surface area contributed by atoms with Gasteiger partial charge in [0, 0.05) is 19.3 Å². The minimum atomic E-state index is -1.62. The Morgan fingerprint density at radius 3 is 1.74 bits per heavy atom. The van der Waals surface area contributed by atoms with Gasteiger partial charge in [-0.05, 0) is 30.5 Å². The maximum absolute atomic E-state index is 13.2. The number of phenolic OH excluding ortho intramolecular Hbond substituents is 1. The number of aliphatic carboxylic acids is 3. The number of hydrogen-bond donors (Lipinski definition) is 9. The molecule has 0 aromatic heterocycles. The fraction of sp³-hybridized carbons (Fsp3) is 0.435. The van der Waals surface area contributed by atoms with Crippen molar-refractivity contribution >= 4 is 41.5 Å². The lowest BCUT2D eigenvalue weighted by molar-refractivity contribution is -0.143. The molecule has 0 saturated heterocycles. The standard InChI is InChI=1S/C23H31N5O11/c24-13(10-19(33)34)20(35)28-16(9-11-1-3-12(29)4-2-11)22(37)26-14(5-7-17(25)30)21(36)27-15(23(38)39)6-8-18(31)32/h1-4,13-16,29H,5-10,24H2,(H2,25,30)(H,26,37)(H,27,36)(H,28,35)(H,31,32)(H,33,34)(H,38,39). The number of carbonyl (C=O) groups is 7. The zero-order chi connectivity index (χ0) is 29.7. The van der Waals surface area contributed by atoms with Gasteiger partial charge in [0.15, 0.2) is 0 Å². The van der Waals surface area contributed by atoms with Crippen molar-refractivity contribution in [3.05, 3.63) is 29.8 Å². The number of amides is 4. The second-order valence-corrected chi connectivity index (χ2v) is 8.53. The van der Waals surface area contributed by atoms with Crippen molar-refractivity contribution in [2.45, 2.75) is 62.7 Å². The van der Waals surface area contributed by atoms with Gasteiger partial charge in [0.25, 0.3) is 0 Å². The lowest BCUT2D eigenvalue weighted by Crippen LogP contribution is -2.57. The van der Waals surface area contributed by atoms with E-state index in [1.54, 1.807) is 0 Å². The van der Waals surface area contributed by atoms with Gasteiger partial charge < -0.3 is 47.8 Å². The van der Waals surface area contributed by atoms with Crippen molar-refractivity contribution in [3.8, 4) is 5.75 Å². The minimum Gasteiger partial charge on any atom is -0.508 e. The van der Waals surface area contributed by atoms with Crippen molar-refractivity contribution in [1.82, 2.24) is 16.0 Å². The molecule has 0 spiro atoms. The van der Waals surface area contributed by atoms with E-state index in [9.17, 15) is 43.8 Å². The van der Waals surface area contributed by atoms with E-state index >= 15 is 0 Å². The summed E-state index contributed by atoms with van der Waals surface area (Å²) in [4.78, 5) is 82.9. The maximum Gasteiger partial charge on any atom is 0.326 e. The van der Waals surface area contributed by atoms with E-state index in [1.807, 2.05) is 0 Å². The number of carbonyl (C=O) groups excluding carboxylic acids is 4. The van der Waals surface area contributed by atoms with Crippen LogP contribution in [0.2, 0.25) is 0 Å². The molecule has 214 valence electrons. The Labute approximate surface area is 221 Å². The van der Waals surface area contributed by atoms with Crippen LogP contribution >= 0.6 is 0 Å². The number of nitrogens with two attached hydrogens (primary N) is 2. The molecule has 0 radical (unpaired) electrons. The fourth-order valence-electron chi connectivity index (χ4n) is 3.26. The van der Waals surface area contributed by atoms with E-state index in [-0.39, 0.29) is 18.6 Å². The van der Waals surface area contributed by atoms with Gasteiger partial charge in [-0.1, -0.05) is 12.1 Å². The van der Waals surface area contributed by atoms with E-state index in [2.05, 4.69) is 16.0 Å². The first-order chi connectivity index (χ1) is 18.2. The smallest absolute Gasteiger partial charge is 0.326 e. The Morgan fingerprint density at radius 2 is 1.23 bits per heavy atom. The first-order valence-corrected chi connectivity index (χ1v) is 11.6. The van der Waals surface area contributed by atoms with E-state index < -0.39 is 91.4 Å². The van der Waals surface area contributed by atoms with Crippen molar-refractivity contribution in [2.24, 2.45) is 11.5 Å². The number of carboxylic acids is 3. The average molecular weight is 554 g/mol. The van der Waals surface area contributed by atoms with E-state index in [1.165, 1.54) is 24.3 Å². The number of hydrogen-bond acceptors (Lipinski definition) is 9. The van der Waals surface area contributed by atoms with Crippen molar-refractivity contribution < 1.29 is 54.0 Å². The summed E-state index contributed by atoms with van der Waals surface area (Å²) in [6, 6.07) is -0.577. The molecular formula is C23H31N5O11. The van der Waals surface area contributed by atoms with Crippen LogP contribution in [-0.2, 0) is 40.0 Å². The van der Waals surface area contributed by atoms with Gasteiger partial charge in [-0.2, -0.15) is 0 Å². The summed E-state index contributed by atoms with van der Waals surface area (Å²) in [5.41, 5.74) is 11.1. The molecule has 1 rings (SSSR count). The van der Waals surface area contributed by atoms with E-state index in [4.69, 9.17) is 21.7 Å². The first kappa shape index (κ1) is 32.3. The number of primary amides is 1. The fourth-order valence-corrected chi connectivity index (χ4v) is 3.26. The third kappa shape index (κ3) is 12.4. The van der Waals surface area contributed by atoms with Crippen LogP contribution in [0.15, 0.2) is 24.3 Å². The Bertz CT molecular complexity index is 1080. The first-order valence-electron chi connectivity index (χ1n) is 11.6. The van der Waals surface area contributed by atoms with Crippen LogP contribution in [0.3, 0.4) is 0 Å². The van der Waals surface area contributed by atoms with Crippen molar-refractivity contribution in [2.75, 3.05) is 0 Å². The molecule has 11 N–H and O–H groups in total. The predicted molar refractivity (Wildman–Crippen MR) is 131 cm³/mol. The molecule has 0 aliphatic heterocycles. The summed E-state index contributed by atoms with van der Waals surface area (Å²) >= 11 is 0. The molecule has 39 heavy (non-hydrogen) atoms. The largest absolute Gasteiger partial charge is 0.508 e. The topological polar surface area (TPSA) is 289 Å². The minimum absolute atomic E-state index is 0.0775. The number of benzene rings is 1. The summed E-state index contributed by atoms with van der Waals surface area (Å²) < 4.78 is 0. The molecule has 0 heterocycles. The summed E-state index contributed by atoms with van der Waals surface area (Å²) in [6.45, 7) is 0. The molecule has 0 aliphatic carbocycles. The highest BCUT2D eigenvalue weighted by atomic mass is 16.4. The molecular weight excluding hydrogens is 522 g/mol. The molecule has 1 aromatic rings.